The number of benzene rings is 1. The molecule has 0 aliphatic heterocycles. The van der Waals surface area contributed by atoms with Gasteiger partial charge in [0.2, 0.25) is 0 Å². The van der Waals surface area contributed by atoms with Crippen molar-refractivity contribution < 1.29 is 13.2 Å². The Morgan fingerprint density at radius 3 is 2.44 bits per heavy atom. The van der Waals surface area contributed by atoms with Crippen LogP contribution in [0.2, 0.25) is 5.02 Å². The van der Waals surface area contributed by atoms with Gasteiger partial charge in [-0.25, -0.2) is 0 Å². The monoisotopic (exact) mass is 279 g/mol. The lowest BCUT2D eigenvalue weighted by Gasteiger charge is -2.15. The van der Waals surface area contributed by atoms with Crippen molar-refractivity contribution in [3.8, 4) is 0 Å². The van der Waals surface area contributed by atoms with Gasteiger partial charge in [-0.15, -0.1) is 0 Å². The van der Waals surface area contributed by atoms with E-state index in [2.05, 4.69) is 6.92 Å². The van der Waals surface area contributed by atoms with Crippen molar-refractivity contribution in [2.24, 2.45) is 5.73 Å². The van der Waals surface area contributed by atoms with Crippen LogP contribution in [0.3, 0.4) is 0 Å². The summed E-state index contributed by atoms with van der Waals surface area (Å²) in [5.74, 6) is 0. The van der Waals surface area contributed by atoms with Gasteiger partial charge < -0.3 is 5.73 Å². The molecule has 0 heterocycles. The molecule has 0 fully saturated rings. The fourth-order valence-corrected chi connectivity index (χ4v) is 2.01. The van der Waals surface area contributed by atoms with Crippen LogP contribution in [-0.2, 0) is 6.18 Å². The number of hydrogen-bond acceptors (Lipinski definition) is 1. The summed E-state index contributed by atoms with van der Waals surface area (Å²) in [5.41, 5.74) is 5.60. The highest BCUT2D eigenvalue weighted by Gasteiger charge is 2.31. The molecule has 0 unspecified atom stereocenters. The number of nitrogens with two attached hydrogens (primary N) is 1. The third-order valence-electron chi connectivity index (χ3n) is 2.79. The predicted molar refractivity (Wildman–Crippen MR) is 67.5 cm³/mol. The van der Waals surface area contributed by atoms with Crippen molar-refractivity contribution in [1.29, 1.82) is 0 Å². The maximum Gasteiger partial charge on any atom is 0.416 e. The van der Waals surface area contributed by atoms with E-state index in [1.807, 2.05) is 0 Å². The summed E-state index contributed by atoms with van der Waals surface area (Å²) in [6.07, 6.45) is -0.726. The van der Waals surface area contributed by atoms with Crippen molar-refractivity contribution in [2.45, 2.75) is 44.8 Å². The van der Waals surface area contributed by atoms with Crippen LogP contribution in [0, 0.1) is 0 Å². The molecule has 2 N–H and O–H groups in total. The van der Waals surface area contributed by atoms with Gasteiger partial charge in [0.25, 0.3) is 0 Å². The number of halogens is 4. The van der Waals surface area contributed by atoms with E-state index in [0.717, 1.165) is 31.4 Å². The molecule has 0 aliphatic carbocycles. The van der Waals surface area contributed by atoms with Gasteiger partial charge in [0.05, 0.1) is 5.56 Å². The van der Waals surface area contributed by atoms with E-state index < -0.39 is 17.8 Å². The molecule has 0 spiro atoms. The maximum absolute atomic E-state index is 12.6. The second-order valence-electron chi connectivity index (χ2n) is 4.37. The standard InChI is InChI=1S/C13H17ClF3N/c1-2-3-4-5-12(18)9-6-10(13(15,16)17)8-11(14)7-9/h6-8,12H,2-5,18H2,1H3/t12-/m0/s1. The van der Waals surface area contributed by atoms with E-state index in [9.17, 15) is 13.2 Å². The molecule has 1 nitrogen and oxygen atoms in total. The van der Waals surface area contributed by atoms with Crippen LogP contribution in [0.15, 0.2) is 18.2 Å². The van der Waals surface area contributed by atoms with E-state index in [1.54, 1.807) is 0 Å². The Hall–Kier alpha value is -0.740. The van der Waals surface area contributed by atoms with Crippen LogP contribution in [0.4, 0.5) is 13.2 Å². The zero-order valence-electron chi connectivity index (χ0n) is 10.2. The lowest BCUT2D eigenvalue weighted by atomic mass is 9.99. The minimum Gasteiger partial charge on any atom is -0.324 e. The van der Waals surface area contributed by atoms with Crippen molar-refractivity contribution >= 4 is 11.6 Å². The van der Waals surface area contributed by atoms with Gasteiger partial charge >= 0.3 is 6.18 Å². The summed E-state index contributed by atoms with van der Waals surface area (Å²) in [6, 6.07) is 3.12. The van der Waals surface area contributed by atoms with E-state index in [-0.39, 0.29) is 5.02 Å². The summed E-state index contributed by atoms with van der Waals surface area (Å²) < 4.78 is 37.9. The Kier molecular flexibility index (Phi) is 5.47. The molecular weight excluding hydrogens is 263 g/mol. The molecule has 0 radical (unpaired) electrons. The molecule has 0 amide bonds. The first-order chi connectivity index (χ1) is 8.34. The fraction of sp³-hybridized carbons (Fsp3) is 0.538. The van der Waals surface area contributed by atoms with Gasteiger partial charge in [0, 0.05) is 11.1 Å². The molecule has 0 aliphatic rings. The highest BCUT2D eigenvalue weighted by molar-refractivity contribution is 6.30. The molecule has 0 saturated heterocycles. The molecule has 18 heavy (non-hydrogen) atoms. The summed E-state index contributed by atoms with van der Waals surface area (Å²) in [5, 5.41) is 0.0748. The van der Waals surface area contributed by atoms with Crippen LogP contribution in [-0.4, -0.2) is 0 Å². The van der Waals surface area contributed by atoms with E-state index in [0.29, 0.717) is 12.0 Å². The molecule has 1 atom stereocenters. The largest absolute Gasteiger partial charge is 0.416 e. The third-order valence-corrected chi connectivity index (χ3v) is 3.01. The summed E-state index contributed by atoms with van der Waals surface area (Å²) in [7, 11) is 0. The Labute approximate surface area is 110 Å². The molecule has 0 aromatic heterocycles. The van der Waals surface area contributed by atoms with Crippen molar-refractivity contribution in [3.05, 3.63) is 34.3 Å². The van der Waals surface area contributed by atoms with Gasteiger partial charge in [0.15, 0.2) is 0 Å². The molecule has 5 heteroatoms. The molecule has 1 aromatic carbocycles. The van der Waals surface area contributed by atoms with Gasteiger partial charge in [-0.3, -0.25) is 0 Å². The number of hydrogen-bond donors (Lipinski definition) is 1. The zero-order valence-corrected chi connectivity index (χ0v) is 11.0. The van der Waals surface area contributed by atoms with E-state index >= 15 is 0 Å². The average molecular weight is 280 g/mol. The van der Waals surface area contributed by atoms with E-state index in [4.69, 9.17) is 17.3 Å². The van der Waals surface area contributed by atoms with Gasteiger partial charge in [-0.1, -0.05) is 37.8 Å². The Bertz CT molecular complexity index is 390. The highest BCUT2D eigenvalue weighted by atomic mass is 35.5. The van der Waals surface area contributed by atoms with Gasteiger partial charge in [-0.05, 0) is 30.2 Å². The topological polar surface area (TPSA) is 26.0 Å². The maximum atomic E-state index is 12.6. The first-order valence-electron chi connectivity index (χ1n) is 5.98. The van der Waals surface area contributed by atoms with Gasteiger partial charge in [0.1, 0.15) is 0 Å². The van der Waals surface area contributed by atoms with E-state index in [1.165, 1.54) is 6.07 Å². The molecule has 1 rings (SSSR count). The second kappa shape index (κ2) is 6.43. The SMILES string of the molecule is CCCCC[C@H](N)c1cc(Cl)cc(C(F)(F)F)c1. The number of rotatable bonds is 5. The van der Waals surface area contributed by atoms with Crippen LogP contribution >= 0.6 is 11.6 Å². The number of unbranched alkanes of at least 4 members (excludes halogenated alkanes) is 2. The fourth-order valence-electron chi connectivity index (χ4n) is 1.77. The van der Waals surface area contributed by atoms with Crippen molar-refractivity contribution in [2.75, 3.05) is 0 Å². The van der Waals surface area contributed by atoms with Gasteiger partial charge in [-0.2, -0.15) is 13.2 Å². The zero-order chi connectivity index (χ0) is 13.8. The van der Waals surface area contributed by atoms with Crippen LogP contribution in [0.25, 0.3) is 0 Å². The number of alkyl halides is 3. The smallest absolute Gasteiger partial charge is 0.324 e. The average Bonchev–Trinajstić information content (AvgIpc) is 2.27. The minimum atomic E-state index is -4.39. The van der Waals surface area contributed by atoms with Crippen LogP contribution in [0.1, 0.15) is 49.8 Å². The highest BCUT2D eigenvalue weighted by Crippen LogP contribution is 2.33. The lowest BCUT2D eigenvalue weighted by Crippen LogP contribution is -2.12. The first kappa shape index (κ1) is 15.3. The molecule has 0 saturated carbocycles. The Morgan fingerprint density at radius 2 is 1.89 bits per heavy atom. The second-order valence-corrected chi connectivity index (χ2v) is 4.81. The molecule has 1 aromatic rings. The molecule has 0 bridgehead atoms. The van der Waals surface area contributed by atoms with Crippen LogP contribution in [0.5, 0.6) is 0 Å². The lowest BCUT2D eigenvalue weighted by molar-refractivity contribution is -0.137. The van der Waals surface area contributed by atoms with Crippen molar-refractivity contribution in [3.63, 3.8) is 0 Å². The minimum absolute atomic E-state index is 0.0748. The molecule has 102 valence electrons. The Morgan fingerprint density at radius 1 is 1.22 bits per heavy atom. The van der Waals surface area contributed by atoms with Crippen molar-refractivity contribution in [1.82, 2.24) is 0 Å². The quantitative estimate of drug-likeness (QED) is 0.759. The first-order valence-corrected chi connectivity index (χ1v) is 6.35. The Balaban J connectivity index is 2.85. The van der Waals surface area contributed by atoms with Crippen LogP contribution < -0.4 is 5.73 Å². The summed E-state index contributed by atoms with van der Waals surface area (Å²) in [6.45, 7) is 2.06. The molecular formula is C13H17ClF3N. The summed E-state index contributed by atoms with van der Waals surface area (Å²) in [4.78, 5) is 0. The normalized spacial score (nSPS) is 13.7. The third kappa shape index (κ3) is 4.50. The predicted octanol–water partition coefficient (Wildman–Crippen LogP) is 4.94. The summed E-state index contributed by atoms with van der Waals surface area (Å²) >= 11 is 5.71.